The molecule has 2 nitrogen and oxygen atoms in total. The van der Waals surface area contributed by atoms with Gasteiger partial charge in [-0.1, -0.05) is 20.8 Å². The monoisotopic (exact) mass is 270 g/mol. The van der Waals surface area contributed by atoms with Crippen LogP contribution in [0.25, 0.3) is 0 Å². The fourth-order valence-corrected chi connectivity index (χ4v) is 3.30. The molecule has 1 rings (SSSR count). The van der Waals surface area contributed by atoms with Crippen molar-refractivity contribution >= 4 is 0 Å². The molecule has 0 heterocycles. The van der Waals surface area contributed by atoms with Crippen molar-refractivity contribution in [1.82, 2.24) is 0 Å². The summed E-state index contributed by atoms with van der Waals surface area (Å²) in [6.45, 7) is 17.5. The minimum Gasteiger partial charge on any atom is -0.378 e. The third-order valence-corrected chi connectivity index (χ3v) is 4.95. The molecule has 0 N–H and O–H groups in total. The zero-order chi connectivity index (χ0) is 14.6. The molecule has 0 aromatic heterocycles. The van der Waals surface area contributed by atoms with Gasteiger partial charge >= 0.3 is 0 Å². The molecule has 0 aromatic carbocycles. The van der Waals surface area contributed by atoms with Gasteiger partial charge in [-0.15, -0.1) is 0 Å². The van der Waals surface area contributed by atoms with Gasteiger partial charge in [0.15, 0.2) is 0 Å². The summed E-state index contributed by atoms with van der Waals surface area (Å²) in [7, 11) is 0. The second-order valence-corrected chi connectivity index (χ2v) is 7.12. The van der Waals surface area contributed by atoms with Crippen LogP contribution in [0.3, 0.4) is 0 Å². The maximum absolute atomic E-state index is 5.92. The summed E-state index contributed by atoms with van der Waals surface area (Å²) >= 11 is 0. The van der Waals surface area contributed by atoms with Crippen LogP contribution in [0.5, 0.6) is 0 Å². The fraction of sp³-hybridized carbons (Fsp3) is 1.00. The average Bonchev–Trinajstić information content (AvgIpc) is 2.32. The van der Waals surface area contributed by atoms with Crippen molar-refractivity contribution in [2.45, 2.75) is 67.1 Å². The standard InChI is InChI=1S/C17H34O2/c1-11(2)18-9-16-8-13(5)14(6)15(7)17(16)10-19-12(3)4/h11-17H,8-10H2,1-7H3. The van der Waals surface area contributed by atoms with Gasteiger partial charge in [-0.3, -0.25) is 0 Å². The van der Waals surface area contributed by atoms with Crippen molar-refractivity contribution in [3.05, 3.63) is 0 Å². The van der Waals surface area contributed by atoms with Crippen molar-refractivity contribution in [2.75, 3.05) is 13.2 Å². The van der Waals surface area contributed by atoms with Crippen LogP contribution < -0.4 is 0 Å². The van der Waals surface area contributed by atoms with Crippen molar-refractivity contribution in [2.24, 2.45) is 29.6 Å². The van der Waals surface area contributed by atoms with E-state index >= 15 is 0 Å². The smallest absolute Gasteiger partial charge is 0.0519 e. The topological polar surface area (TPSA) is 18.5 Å². The minimum atomic E-state index is 0.327. The van der Waals surface area contributed by atoms with Crippen LogP contribution >= 0.6 is 0 Å². The minimum absolute atomic E-state index is 0.327. The number of hydrogen-bond acceptors (Lipinski definition) is 2. The van der Waals surface area contributed by atoms with E-state index in [2.05, 4.69) is 48.5 Å². The average molecular weight is 270 g/mol. The highest BCUT2D eigenvalue weighted by atomic mass is 16.5. The normalized spacial score (nSPS) is 36.2. The molecule has 5 atom stereocenters. The Morgan fingerprint density at radius 2 is 1.37 bits per heavy atom. The van der Waals surface area contributed by atoms with E-state index in [1.54, 1.807) is 0 Å². The van der Waals surface area contributed by atoms with Gasteiger partial charge in [0, 0.05) is 0 Å². The summed E-state index contributed by atoms with van der Waals surface area (Å²) in [6.07, 6.45) is 1.94. The van der Waals surface area contributed by atoms with Crippen LogP contribution in [0, 0.1) is 29.6 Å². The van der Waals surface area contributed by atoms with Crippen LogP contribution in [0.4, 0.5) is 0 Å². The molecule has 1 aliphatic carbocycles. The Balaban J connectivity index is 2.65. The molecule has 19 heavy (non-hydrogen) atoms. The molecule has 5 unspecified atom stereocenters. The van der Waals surface area contributed by atoms with Crippen molar-refractivity contribution in [3.63, 3.8) is 0 Å². The van der Waals surface area contributed by atoms with E-state index in [4.69, 9.17) is 9.47 Å². The largest absolute Gasteiger partial charge is 0.378 e. The third kappa shape index (κ3) is 5.07. The molecule has 0 saturated heterocycles. The Hall–Kier alpha value is -0.0800. The molecule has 1 saturated carbocycles. The molecule has 114 valence electrons. The van der Waals surface area contributed by atoms with Gasteiger partial charge < -0.3 is 9.47 Å². The highest BCUT2D eigenvalue weighted by molar-refractivity contribution is 4.87. The van der Waals surface area contributed by atoms with E-state index in [1.807, 2.05) is 0 Å². The van der Waals surface area contributed by atoms with Crippen LogP contribution in [0.2, 0.25) is 0 Å². The van der Waals surface area contributed by atoms with Crippen molar-refractivity contribution < 1.29 is 9.47 Å². The van der Waals surface area contributed by atoms with Gasteiger partial charge in [0.05, 0.1) is 25.4 Å². The van der Waals surface area contributed by atoms with Gasteiger partial charge in [0.2, 0.25) is 0 Å². The van der Waals surface area contributed by atoms with Crippen LogP contribution in [-0.2, 0) is 9.47 Å². The molecule has 1 aliphatic rings. The number of hydrogen-bond donors (Lipinski definition) is 0. The third-order valence-electron chi connectivity index (χ3n) is 4.95. The zero-order valence-corrected chi connectivity index (χ0v) is 14.0. The van der Waals surface area contributed by atoms with Gasteiger partial charge in [0.1, 0.15) is 0 Å². The van der Waals surface area contributed by atoms with Gasteiger partial charge in [-0.2, -0.15) is 0 Å². The van der Waals surface area contributed by atoms with E-state index in [-0.39, 0.29) is 0 Å². The van der Waals surface area contributed by atoms with Crippen LogP contribution in [0.1, 0.15) is 54.9 Å². The van der Waals surface area contributed by atoms with Crippen molar-refractivity contribution in [1.29, 1.82) is 0 Å². The van der Waals surface area contributed by atoms with Gasteiger partial charge in [-0.25, -0.2) is 0 Å². The number of rotatable bonds is 6. The second-order valence-electron chi connectivity index (χ2n) is 7.12. The van der Waals surface area contributed by atoms with E-state index in [0.717, 1.165) is 31.0 Å². The first-order valence-electron chi connectivity index (χ1n) is 8.06. The molecule has 0 spiro atoms. The summed E-state index contributed by atoms with van der Waals surface area (Å²) < 4.78 is 11.8. The maximum Gasteiger partial charge on any atom is 0.0519 e. The summed E-state index contributed by atoms with van der Waals surface area (Å²) in [5.41, 5.74) is 0. The lowest BCUT2D eigenvalue weighted by Gasteiger charge is -2.44. The first-order chi connectivity index (χ1) is 8.82. The Morgan fingerprint density at radius 3 is 1.89 bits per heavy atom. The van der Waals surface area contributed by atoms with E-state index in [1.165, 1.54) is 6.42 Å². The SMILES string of the molecule is CC(C)OCC1CC(C)C(C)C(C)C1COC(C)C. The van der Waals surface area contributed by atoms with Gasteiger partial charge in [0.25, 0.3) is 0 Å². The van der Waals surface area contributed by atoms with Crippen molar-refractivity contribution in [3.8, 4) is 0 Å². The van der Waals surface area contributed by atoms with E-state index in [0.29, 0.717) is 24.0 Å². The molecule has 0 radical (unpaired) electrons. The zero-order valence-electron chi connectivity index (χ0n) is 14.0. The lowest BCUT2D eigenvalue weighted by molar-refractivity contribution is -0.0616. The Morgan fingerprint density at radius 1 is 0.842 bits per heavy atom. The summed E-state index contributed by atoms with van der Waals surface area (Å²) in [6, 6.07) is 0. The highest BCUT2D eigenvalue weighted by Crippen LogP contribution is 2.42. The lowest BCUT2D eigenvalue weighted by Crippen LogP contribution is -2.41. The molecule has 0 aromatic rings. The van der Waals surface area contributed by atoms with E-state index in [9.17, 15) is 0 Å². The molecule has 0 bridgehead atoms. The fourth-order valence-electron chi connectivity index (χ4n) is 3.30. The predicted octanol–water partition coefficient (Wildman–Crippen LogP) is 4.38. The number of ether oxygens (including phenoxy) is 2. The maximum atomic E-state index is 5.92. The quantitative estimate of drug-likeness (QED) is 0.713. The first kappa shape index (κ1) is 17.0. The van der Waals surface area contributed by atoms with Crippen LogP contribution in [-0.4, -0.2) is 25.4 Å². The first-order valence-corrected chi connectivity index (χ1v) is 8.06. The Bertz CT molecular complexity index is 250. The van der Waals surface area contributed by atoms with Gasteiger partial charge in [-0.05, 0) is 63.7 Å². The van der Waals surface area contributed by atoms with E-state index < -0.39 is 0 Å². The summed E-state index contributed by atoms with van der Waals surface area (Å²) in [4.78, 5) is 0. The summed E-state index contributed by atoms with van der Waals surface area (Å²) in [5, 5.41) is 0. The highest BCUT2D eigenvalue weighted by Gasteiger charge is 2.38. The molecule has 2 heteroatoms. The molecular formula is C17H34O2. The Kier molecular flexibility index (Phi) is 6.82. The lowest BCUT2D eigenvalue weighted by atomic mass is 9.64. The molecular weight excluding hydrogens is 236 g/mol. The second kappa shape index (κ2) is 7.64. The van der Waals surface area contributed by atoms with Crippen LogP contribution in [0.15, 0.2) is 0 Å². The Labute approximate surface area is 120 Å². The molecule has 1 fully saturated rings. The molecule has 0 aliphatic heterocycles. The summed E-state index contributed by atoms with van der Waals surface area (Å²) in [5.74, 6) is 3.61. The predicted molar refractivity (Wildman–Crippen MR) is 81.3 cm³/mol. The molecule has 0 amide bonds.